The molecular weight excluding hydrogens is 743 g/mol. The van der Waals surface area contributed by atoms with E-state index in [2.05, 4.69) is 54.6 Å². The van der Waals surface area contributed by atoms with Crippen molar-refractivity contribution in [3.8, 4) is 67.5 Å². The lowest BCUT2D eigenvalue weighted by Gasteiger charge is -2.14. The number of para-hydroxylation sites is 1. The minimum atomic E-state index is -0.305. The van der Waals surface area contributed by atoms with E-state index in [0.29, 0.717) is 50.7 Å². The summed E-state index contributed by atoms with van der Waals surface area (Å²) in [5.41, 5.74) is 6.63. The number of rotatable bonds is 6. The minimum absolute atomic E-state index is 0.0255. The molecule has 0 atom stereocenters. The summed E-state index contributed by atoms with van der Waals surface area (Å²) in [6.45, 7) is 0. The second-order valence-corrected chi connectivity index (χ2v) is 15.0. The summed E-state index contributed by atoms with van der Waals surface area (Å²) < 4.78 is 62.7. The Hall–Kier alpha value is -8.21. The molecule has 10 aromatic carbocycles. The Balaban J connectivity index is 1.05. The SMILES string of the molecule is [2H]c1c(-c2cccc3oc4ccccc4c23)c([2H])c2c([2H])c([2H])c(-c3cccc(-c4nc(-c5ccccc5-c5cccc6ccccc56)nc(-c5cccc6ccccc56)n4)c3)c([2H])c2c1[2H]. The average molecular weight is 784 g/mol. The molecule has 4 heteroatoms. The van der Waals surface area contributed by atoms with Crippen LogP contribution in [-0.4, -0.2) is 15.0 Å². The third-order valence-electron chi connectivity index (χ3n) is 11.4. The molecule has 2 heterocycles. The van der Waals surface area contributed by atoms with Crippen molar-refractivity contribution < 1.29 is 12.6 Å². The fraction of sp³-hybridized carbons (Fsp3) is 0. The quantitative estimate of drug-likeness (QED) is 0.169. The van der Waals surface area contributed by atoms with Gasteiger partial charge in [-0.25, -0.2) is 15.0 Å². The summed E-state index contributed by atoms with van der Waals surface area (Å²) >= 11 is 0. The lowest BCUT2D eigenvalue weighted by atomic mass is 9.94. The van der Waals surface area contributed by atoms with Crippen molar-refractivity contribution in [3.63, 3.8) is 0 Å². The van der Waals surface area contributed by atoms with Gasteiger partial charge in [0.05, 0.1) is 8.22 Å². The Labute approximate surface area is 360 Å². The van der Waals surface area contributed by atoms with Crippen LogP contribution in [0.3, 0.4) is 0 Å². The zero-order valence-corrected chi connectivity index (χ0v) is 32.5. The molecule has 0 N–H and O–H groups in total. The summed E-state index contributed by atoms with van der Waals surface area (Å²) in [5, 5.41) is 5.66. The number of nitrogens with zero attached hydrogens (tertiary/aromatic N) is 3. The molecule has 12 rings (SSSR count). The van der Waals surface area contributed by atoms with Gasteiger partial charge in [-0.1, -0.05) is 182 Å². The van der Waals surface area contributed by atoms with Gasteiger partial charge in [-0.15, -0.1) is 0 Å². The second kappa shape index (κ2) is 14.3. The molecule has 12 aromatic rings. The number of aromatic nitrogens is 3. The third-order valence-corrected chi connectivity index (χ3v) is 11.4. The van der Waals surface area contributed by atoms with Gasteiger partial charge in [0.1, 0.15) is 11.2 Å². The molecule has 0 spiro atoms. The first-order chi connectivity index (χ1) is 32.7. The smallest absolute Gasteiger partial charge is 0.164 e. The molecular formula is C57H35N3O. The van der Waals surface area contributed by atoms with E-state index in [-0.39, 0.29) is 58.2 Å². The monoisotopic (exact) mass is 783 g/mol. The third kappa shape index (κ3) is 6.04. The van der Waals surface area contributed by atoms with E-state index in [4.69, 9.17) is 19.4 Å². The molecule has 0 amide bonds. The van der Waals surface area contributed by atoms with Crippen LogP contribution >= 0.6 is 0 Å². The molecule has 0 bridgehead atoms. The summed E-state index contributed by atoms with van der Waals surface area (Å²) in [5.74, 6) is 1.29. The highest BCUT2D eigenvalue weighted by Crippen LogP contribution is 2.40. The first-order valence-corrected chi connectivity index (χ1v) is 20.1. The van der Waals surface area contributed by atoms with E-state index in [1.165, 1.54) is 0 Å². The van der Waals surface area contributed by atoms with Crippen LogP contribution in [0.25, 0.3) is 122 Å². The van der Waals surface area contributed by atoms with E-state index in [1.807, 2.05) is 91.0 Å². The molecule has 2 aromatic heterocycles. The fourth-order valence-corrected chi connectivity index (χ4v) is 8.49. The van der Waals surface area contributed by atoms with Crippen LogP contribution in [0.15, 0.2) is 217 Å². The van der Waals surface area contributed by atoms with Crippen LogP contribution in [-0.2, 0) is 0 Å². The van der Waals surface area contributed by atoms with Gasteiger partial charge < -0.3 is 4.42 Å². The van der Waals surface area contributed by atoms with Crippen LogP contribution in [0.4, 0.5) is 0 Å². The average Bonchev–Trinajstić information content (AvgIpc) is 3.76. The first-order valence-electron chi connectivity index (χ1n) is 23.1. The summed E-state index contributed by atoms with van der Waals surface area (Å²) in [7, 11) is 0. The molecule has 4 nitrogen and oxygen atoms in total. The maximum Gasteiger partial charge on any atom is 0.164 e. The highest BCUT2D eigenvalue weighted by atomic mass is 16.3. The molecule has 0 fully saturated rings. The van der Waals surface area contributed by atoms with Gasteiger partial charge in [-0.05, 0) is 96.0 Å². The largest absolute Gasteiger partial charge is 0.456 e. The van der Waals surface area contributed by atoms with E-state index in [1.54, 1.807) is 30.3 Å². The number of hydrogen-bond donors (Lipinski definition) is 0. The van der Waals surface area contributed by atoms with Crippen LogP contribution in [0, 0.1) is 0 Å². The second-order valence-electron chi connectivity index (χ2n) is 15.0. The Bertz CT molecular complexity index is 4020. The minimum Gasteiger partial charge on any atom is -0.456 e. The number of furan rings is 1. The van der Waals surface area contributed by atoms with Gasteiger partial charge in [0, 0.05) is 27.5 Å². The van der Waals surface area contributed by atoms with Gasteiger partial charge >= 0.3 is 0 Å². The van der Waals surface area contributed by atoms with Crippen LogP contribution in [0.2, 0.25) is 0 Å². The predicted molar refractivity (Wildman–Crippen MR) is 252 cm³/mol. The lowest BCUT2D eigenvalue weighted by Crippen LogP contribution is -2.01. The molecule has 61 heavy (non-hydrogen) atoms. The standard InChI is InChI=1S/C57H35N3O/c1-3-19-44-36(13-1)15-10-25-47(44)48-21-5-6-22-50(48)57-59-55(58-56(60-57)49-26-11-16-37-14-2-4-20-45(37)49)43-18-9-17-38(35-43)39-29-30-41-34-42(32-31-40(41)33-39)46-24-12-28-53-54(46)51-23-7-8-27-52(51)61-53/h1-35H/i29D,30D,31D,32D,33D,34D. The Morgan fingerprint density at radius 3 is 1.64 bits per heavy atom. The van der Waals surface area contributed by atoms with Crippen LogP contribution < -0.4 is 0 Å². The van der Waals surface area contributed by atoms with Crippen molar-refractivity contribution in [3.05, 3.63) is 212 Å². The van der Waals surface area contributed by atoms with Crippen molar-refractivity contribution in [2.75, 3.05) is 0 Å². The van der Waals surface area contributed by atoms with Crippen molar-refractivity contribution in [1.29, 1.82) is 0 Å². The zero-order valence-electron chi connectivity index (χ0n) is 38.5. The van der Waals surface area contributed by atoms with E-state index in [0.717, 1.165) is 49.2 Å². The highest BCUT2D eigenvalue weighted by Gasteiger charge is 2.19. The van der Waals surface area contributed by atoms with E-state index < -0.39 is 0 Å². The van der Waals surface area contributed by atoms with Gasteiger partial charge in [0.2, 0.25) is 0 Å². The molecule has 0 aliphatic heterocycles. The van der Waals surface area contributed by atoms with E-state index in [9.17, 15) is 8.22 Å². The Morgan fingerprint density at radius 2 is 0.836 bits per heavy atom. The highest BCUT2D eigenvalue weighted by molar-refractivity contribution is 6.13. The normalized spacial score (nSPS) is 13.0. The van der Waals surface area contributed by atoms with Gasteiger partial charge in [-0.3, -0.25) is 0 Å². The van der Waals surface area contributed by atoms with Crippen molar-refractivity contribution in [2.45, 2.75) is 0 Å². The molecule has 0 saturated heterocycles. The summed E-state index contributed by atoms with van der Waals surface area (Å²) in [6, 6.07) is 55.4. The first kappa shape index (κ1) is 29.1. The van der Waals surface area contributed by atoms with Gasteiger partial charge in [0.25, 0.3) is 0 Å². The zero-order chi connectivity index (χ0) is 45.5. The molecule has 0 radical (unpaired) electrons. The van der Waals surface area contributed by atoms with Crippen molar-refractivity contribution >= 4 is 54.3 Å². The number of fused-ring (bicyclic) bond motifs is 6. The maximum atomic E-state index is 9.60. The van der Waals surface area contributed by atoms with Crippen LogP contribution in [0.1, 0.15) is 8.22 Å². The Morgan fingerprint density at radius 1 is 0.328 bits per heavy atom. The molecule has 0 unspecified atom stereocenters. The topological polar surface area (TPSA) is 51.8 Å². The number of hydrogen-bond acceptors (Lipinski definition) is 4. The van der Waals surface area contributed by atoms with E-state index >= 15 is 0 Å². The summed E-state index contributed by atoms with van der Waals surface area (Å²) in [6.07, 6.45) is 0. The van der Waals surface area contributed by atoms with Gasteiger partial charge in [0.15, 0.2) is 17.5 Å². The predicted octanol–water partition coefficient (Wildman–Crippen LogP) is 15.2. The molecule has 0 aliphatic carbocycles. The van der Waals surface area contributed by atoms with Crippen molar-refractivity contribution in [2.24, 2.45) is 0 Å². The number of benzene rings is 10. The molecule has 0 saturated carbocycles. The Kier molecular flexibility index (Phi) is 6.80. The molecule has 284 valence electrons. The fourth-order valence-electron chi connectivity index (χ4n) is 8.49. The maximum absolute atomic E-state index is 9.60. The van der Waals surface area contributed by atoms with Gasteiger partial charge in [-0.2, -0.15) is 0 Å². The summed E-state index contributed by atoms with van der Waals surface area (Å²) in [4.78, 5) is 15.5. The molecule has 0 aliphatic rings. The van der Waals surface area contributed by atoms with Crippen molar-refractivity contribution in [1.82, 2.24) is 15.0 Å². The lowest BCUT2D eigenvalue weighted by molar-refractivity contribution is 0.669. The van der Waals surface area contributed by atoms with Crippen LogP contribution in [0.5, 0.6) is 0 Å².